The molecule has 2 aliphatic rings. The third-order valence-corrected chi connectivity index (χ3v) is 5.55. The van der Waals surface area contributed by atoms with Gasteiger partial charge in [0, 0.05) is 32.2 Å². The molecule has 0 spiro atoms. The second kappa shape index (κ2) is 7.35. The van der Waals surface area contributed by atoms with Gasteiger partial charge in [0.15, 0.2) is 0 Å². The minimum absolute atomic E-state index is 0.0760. The van der Waals surface area contributed by atoms with E-state index in [0.29, 0.717) is 32.5 Å². The highest BCUT2D eigenvalue weighted by Crippen LogP contribution is 2.48. The summed E-state index contributed by atoms with van der Waals surface area (Å²) in [4.78, 5) is 36.7. The van der Waals surface area contributed by atoms with E-state index < -0.39 is 11.4 Å². The van der Waals surface area contributed by atoms with Crippen molar-refractivity contribution in [1.29, 1.82) is 0 Å². The lowest BCUT2D eigenvalue weighted by Gasteiger charge is -2.23. The van der Waals surface area contributed by atoms with Gasteiger partial charge in [-0.3, -0.25) is 9.59 Å². The second-order valence-corrected chi connectivity index (χ2v) is 7.29. The fourth-order valence-corrected chi connectivity index (χ4v) is 4.18. The number of hydrogen-bond donors (Lipinski definition) is 3. The number of likely N-dealkylation sites (tertiary alicyclic amines) is 1. The molecule has 26 heavy (non-hydrogen) atoms. The van der Waals surface area contributed by atoms with Crippen molar-refractivity contribution in [3.63, 3.8) is 0 Å². The Morgan fingerprint density at radius 1 is 1.27 bits per heavy atom. The van der Waals surface area contributed by atoms with Gasteiger partial charge in [-0.1, -0.05) is 18.6 Å². The van der Waals surface area contributed by atoms with Gasteiger partial charge in [0.25, 0.3) is 0 Å². The average molecular weight is 359 g/mol. The lowest BCUT2D eigenvalue weighted by Crippen LogP contribution is -2.42. The van der Waals surface area contributed by atoms with Gasteiger partial charge >= 0.3 is 12.0 Å². The molecule has 7 heteroatoms. The molecule has 1 aliphatic heterocycles. The largest absolute Gasteiger partial charge is 0.481 e. The third kappa shape index (κ3) is 3.66. The smallest absolute Gasteiger partial charge is 0.317 e. The van der Waals surface area contributed by atoms with E-state index in [4.69, 9.17) is 0 Å². The Morgan fingerprint density at radius 3 is 2.62 bits per heavy atom. The number of nitrogens with zero attached hydrogens (tertiary/aromatic N) is 1. The molecule has 3 rings (SSSR count). The molecule has 1 saturated carbocycles. The topological polar surface area (TPSA) is 98.7 Å². The van der Waals surface area contributed by atoms with Crippen LogP contribution in [0.2, 0.25) is 0 Å². The van der Waals surface area contributed by atoms with Gasteiger partial charge in [-0.2, -0.15) is 0 Å². The molecule has 1 saturated heterocycles. The van der Waals surface area contributed by atoms with E-state index in [1.807, 2.05) is 24.3 Å². The van der Waals surface area contributed by atoms with E-state index in [1.165, 1.54) is 6.92 Å². The Labute approximate surface area is 152 Å². The molecule has 0 aromatic heterocycles. The van der Waals surface area contributed by atoms with Gasteiger partial charge in [0.1, 0.15) is 0 Å². The summed E-state index contributed by atoms with van der Waals surface area (Å²) < 4.78 is 0. The molecular formula is C19H25N3O4. The Kier molecular flexibility index (Phi) is 5.15. The van der Waals surface area contributed by atoms with E-state index in [0.717, 1.165) is 24.1 Å². The van der Waals surface area contributed by atoms with Gasteiger partial charge in [0.2, 0.25) is 5.91 Å². The zero-order chi connectivity index (χ0) is 18.7. The summed E-state index contributed by atoms with van der Waals surface area (Å²) in [5.41, 5.74) is 1.06. The average Bonchev–Trinajstić information content (AvgIpc) is 3.14. The maximum Gasteiger partial charge on any atom is 0.317 e. The molecule has 0 unspecified atom stereocenters. The zero-order valence-electron chi connectivity index (χ0n) is 15.0. The first-order valence-corrected chi connectivity index (χ1v) is 9.03. The summed E-state index contributed by atoms with van der Waals surface area (Å²) in [7, 11) is 0. The molecule has 140 valence electrons. The van der Waals surface area contributed by atoms with E-state index in [9.17, 15) is 19.5 Å². The van der Waals surface area contributed by atoms with Crippen molar-refractivity contribution < 1.29 is 19.5 Å². The highest BCUT2D eigenvalue weighted by atomic mass is 16.4. The Morgan fingerprint density at radius 2 is 2.00 bits per heavy atom. The van der Waals surface area contributed by atoms with Gasteiger partial charge in [0.05, 0.1) is 5.41 Å². The van der Waals surface area contributed by atoms with Crippen LogP contribution in [0.5, 0.6) is 0 Å². The summed E-state index contributed by atoms with van der Waals surface area (Å²) in [6, 6.07) is 7.30. The summed E-state index contributed by atoms with van der Waals surface area (Å²) in [5.74, 6) is -0.804. The van der Waals surface area contributed by atoms with Crippen LogP contribution >= 0.6 is 0 Å². The number of benzene rings is 1. The molecule has 3 N–H and O–H groups in total. The number of carboxylic acid groups (broad SMARTS) is 1. The predicted octanol–water partition coefficient (Wildman–Crippen LogP) is 2.08. The number of amides is 3. The Bertz CT molecular complexity index is 703. The summed E-state index contributed by atoms with van der Waals surface area (Å²) in [6.07, 6.45) is 3.16. The summed E-state index contributed by atoms with van der Waals surface area (Å²) in [5, 5.41) is 15.2. The quantitative estimate of drug-likeness (QED) is 0.749. The fourth-order valence-electron chi connectivity index (χ4n) is 4.18. The van der Waals surface area contributed by atoms with Crippen molar-refractivity contribution in [3.8, 4) is 0 Å². The SMILES string of the molecule is CC(=O)Nc1ccc(CCNC(=O)N2C[C@@H]3CCC[C@@]3(C(=O)O)C2)cc1. The standard InChI is InChI=1S/C19H25N3O4/c1-13(23)21-16-6-4-14(5-7-16)8-10-20-18(26)22-11-15-3-2-9-19(15,12-22)17(24)25/h4-7,15H,2-3,8-12H2,1H3,(H,20,26)(H,21,23)(H,24,25)/t15-,19+/m0/s1. The first-order valence-electron chi connectivity index (χ1n) is 9.03. The maximum atomic E-state index is 12.4. The third-order valence-electron chi connectivity index (χ3n) is 5.55. The highest BCUT2D eigenvalue weighted by molar-refractivity contribution is 5.88. The molecule has 2 atom stereocenters. The number of urea groups is 1. The predicted molar refractivity (Wildman–Crippen MR) is 96.8 cm³/mol. The number of nitrogens with one attached hydrogen (secondary N) is 2. The number of rotatable bonds is 5. The van der Waals surface area contributed by atoms with Crippen molar-refractivity contribution in [2.75, 3.05) is 25.0 Å². The lowest BCUT2D eigenvalue weighted by atomic mass is 9.81. The number of aliphatic carboxylic acids is 1. The van der Waals surface area contributed by atoms with Crippen molar-refractivity contribution in [1.82, 2.24) is 10.2 Å². The first kappa shape index (κ1) is 18.2. The number of fused-ring (bicyclic) bond motifs is 1. The van der Waals surface area contributed by atoms with E-state index in [1.54, 1.807) is 4.90 Å². The summed E-state index contributed by atoms with van der Waals surface area (Å²) >= 11 is 0. The maximum absolute atomic E-state index is 12.4. The van der Waals surface area contributed by atoms with Gasteiger partial charge in [-0.15, -0.1) is 0 Å². The van der Waals surface area contributed by atoms with E-state index >= 15 is 0 Å². The molecular weight excluding hydrogens is 334 g/mol. The van der Waals surface area contributed by atoms with Crippen molar-refractivity contribution in [2.24, 2.45) is 11.3 Å². The number of carbonyl (C=O) groups is 3. The van der Waals surface area contributed by atoms with Gasteiger partial charge in [-0.05, 0) is 42.9 Å². The van der Waals surface area contributed by atoms with Crippen molar-refractivity contribution in [3.05, 3.63) is 29.8 Å². The van der Waals surface area contributed by atoms with E-state index in [-0.39, 0.29) is 17.9 Å². The minimum atomic E-state index is -0.769. The van der Waals surface area contributed by atoms with Crippen LogP contribution in [0.1, 0.15) is 31.7 Å². The summed E-state index contributed by atoms with van der Waals surface area (Å²) in [6.45, 7) is 2.79. The number of carbonyl (C=O) groups excluding carboxylic acids is 2. The van der Waals surface area contributed by atoms with Crippen LogP contribution in [0, 0.1) is 11.3 Å². The molecule has 1 aromatic rings. The molecule has 2 fully saturated rings. The lowest BCUT2D eigenvalue weighted by molar-refractivity contribution is -0.149. The van der Waals surface area contributed by atoms with Crippen LogP contribution in [0.25, 0.3) is 0 Å². The monoisotopic (exact) mass is 359 g/mol. The molecule has 0 radical (unpaired) electrons. The van der Waals surface area contributed by atoms with Gasteiger partial charge < -0.3 is 20.6 Å². The number of anilines is 1. The van der Waals surface area contributed by atoms with Crippen molar-refractivity contribution >= 4 is 23.6 Å². The molecule has 1 aromatic carbocycles. The van der Waals surface area contributed by atoms with Crippen LogP contribution in [-0.2, 0) is 16.0 Å². The molecule has 3 amide bonds. The normalized spacial score (nSPS) is 24.2. The first-order chi connectivity index (χ1) is 12.4. The van der Waals surface area contributed by atoms with Crippen LogP contribution in [0.4, 0.5) is 10.5 Å². The molecule has 1 heterocycles. The van der Waals surface area contributed by atoms with Crippen LogP contribution in [-0.4, -0.2) is 47.5 Å². The fraction of sp³-hybridized carbons (Fsp3) is 0.526. The molecule has 7 nitrogen and oxygen atoms in total. The minimum Gasteiger partial charge on any atom is -0.481 e. The highest BCUT2D eigenvalue weighted by Gasteiger charge is 2.55. The molecule has 0 bridgehead atoms. The molecule has 1 aliphatic carbocycles. The zero-order valence-corrected chi connectivity index (χ0v) is 15.0. The van der Waals surface area contributed by atoms with Crippen LogP contribution in [0.15, 0.2) is 24.3 Å². The van der Waals surface area contributed by atoms with Crippen LogP contribution < -0.4 is 10.6 Å². The van der Waals surface area contributed by atoms with Crippen LogP contribution in [0.3, 0.4) is 0 Å². The van der Waals surface area contributed by atoms with Gasteiger partial charge in [-0.25, -0.2) is 4.79 Å². The number of hydrogen-bond acceptors (Lipinski definition) is 3. The second-order valence-electron chi connectivity index (χ2n) is 7.29. The Balaban J connectivity index is 1.48. The van der Waals surface area contributed by atoms with Crippen molar-refractivity contribution in [2.45, 2.75) is 32.6 Å². The van der Waals surface area contributed by atoms with E-state index in [2.05, 4.69) is 10.6 Å². The Hall–Kier alpha value is -2.57. The number of carboxylic acids is 1.